The van der Waals surface area contributed by atoms with Crippen LogP contribution in [0, 0.1) is 17.5 Å². The molecule has 0 bridgehead atoms. The number of hydrogen-bond donors (Lipinski definition) is 2. The Hall–Kier alpha value is -2.21. The van der Waals surface area contributed by atoms with Gasteiger partial charge in [-0.25, -0.2) is 13.2 Å². The molecule has 0 saturated heterocycles. The van der Waals surface area contributed by atoms with Crippen molar-refractivity contribution < 1.29 is 18.0 Å². The molecule has 0 spiro atoms. The van der Waals surface area contributed by atoms with Crippen LogP contribution in [0.3, 0.4) is 0 Å². The third-order valence-electron chi connectivity index (χ3n) is 2.59. The average Bonchev–Trinajstić information content (AvgIpc) is 2.42. The summed E-state index contributed by atoms with van der Waals surface area (Å²) < 4.78 is 39.2. The van der Waals surface area contributed by atoms with E-state index in [1.165, 1.54) is 24.3 Å². The van der Waals surface area contributed by atoms with Gasteiger partial charge in [-0.3, -0.25) is 4.79 Å². The molecular formula is C14H10ClF3N2O. The summed E-state index contributed by atoms with van der Waals surface area (Å²) in [5.41, 5.74) is 0.0972. The number of carbonyl (C=O) groups is 1. The minimum absolute atomic E-state index is 0.000367. The number of amides is 1. The first-order chi connectivity index (χ1) is 9.97. The van der Waals surface area contributed by atoms with E-state index >= 15 is 0 Å². The highest BCUT2D eigenvalue weighted by atomic mass is 35.5. The quantitative estimate of drug-likeness (QED) is 0.901. The molecule has 0 fully saturated rings. The van der Waals surface area contributed by atoms with Crippen molar-refractivity contribution in [1.29, 1.82) is 0 Å². The summed E-state index contributed by atoms with van der Waals surface area (Å²) >= 11 is 5.79. The first kappa shape index (κ1) is 15.2. The lowest BCUT2D eigenvalue weighted by Crippen LogP contribution is -2.22. The highest BCUT2D eigenvalue weighted by molar-refractivity contribution is 6.33. The Bertz CT molecular complexity index is 659. The van der Waals surface area contributed by atoms with Crippen LogP contribution in [0.2, 0.25) is 5.02 Å². The molecule has 0 heterocycles. The Kier molecular flexibility index (Phi) is 4.70. The Morgan fingerprint density at radius 1 is 1.05 bits per heavy atom. The van der Waals surface area contributed by atoms with Crippen LogP contribution >= 0.6 is 11.6 Å². The Morgan fingerprint density at radius 3 is 2.48 bits per heavy atom. The number of para-hydroxylation sites is 1. The molecule has 110 valence electrons. The number of rotatable bonds is 4. The second-order valence-electron chi connectivity index (χ2n) is 4.13. The van der Waals surface area contributed by atoms with Crippen molar-refractivity contribution in [3.63, 3.8) is 0 Å². The molecule has 2 aromatic carbocycles. The highest BCUT2D eigenvalue weighted by Crippen LogP contribution is 2.24. The van der Waals surface area contributed by atoms with Gasteiger partial charge in [0.25, 0.3) is 0 Å². The maximum atomic E-state index is 13.5. The zero-order valence-electron chi connectivity index (χ0n) is 10.6. The van der Waals surface area contributed by atoms with Crippen LogP contribution in [0.15, 0.2) is 36.4 Å². The van der Waals surface area contributed by atoms with Crippen LogP contribution in [0.4, 0.5) is 24.5 Å². The molecule has 0 unspecified atom stereocenters. The summed E-state index contributed by atoms with van der Waals surface area (Å²) in [6, 6.07) is 7.06. The first-order valence-electron chi connectivity index (χ1n) is 5.90. The standard InChI is InChI=1S/C14H10ClF3N2O/c15-9-2-1-3-11(17)14(9)19-7-13(21)20-8-4-5-10(16)12(18)6-8/h1-6,19H,7H2,(H,20,21). The first-order valence-corrected chi connectivity index (χ1v) is 6.28. The Balaban J connectivity index is 1.97. The summed E-state index contributed by atoms with van der Waals surface area (Å²) in [7, 11) is 0. The molecule has 2 aromatic rings. The Morgan fingerprint density at radius 2 is 1.81 bits per heavy atom. The van der Waals surface area contributed by atoms with Gasteiger partial charge in [0.1, 0.15) is 5.82 Å². The molecule has 21 heavy (non-hydrogen) atoms. The normalized spacial score (nSPS) is 10.3. The molecule has 0 aromatic heterocycles. The van der Waals surface area contributed by atoms with Gasteiger partial charge in [0, 0.05) is 11.8 Å². The zero-order valence-corrected chi connectivity index (χ0v) is 11.3. The minimum Gasteiger partial charge on any atom is -0.373 e. The third kappa shape index (κ3) is 3.88. The van der Waals surface area contributed by atoms with Crippen molar-refractivity contribution >= 4 is 28.9 Å². The topological polar surface area (TPSA) is 41.1 Å². The van der Waals surface area contributed by atoms with Gasteiger partial charge in [0.2, 0.25) is 5.91 Å². The molecular weight excluding hydrogens is 305 g/mol. The van der Waals surface area contributed by atoms with Crippen molar-refractivity contribution in [2.75, 3.05) is 17.2 Å². The van der Waals surface area contributed by atoms with Crippen molar-refractivity contribution in [3.05, 3.63) is 58.9 Å². The smallest absolute Gasteiger partial charge is 0.243 e. The SMILES string of the molecule is O=C(CNc1c(F)cccc1Cl)Nc1ccc(F)c(F)c1. The van der Waals surface area contributed by atoms with Crippen LogP contribution in [-0.2, 0) is 4.79 Å². The molecule has 2 rings (SSSR count). The number of hydrogen-bond acceptors (Lipinski definition) is 2. The Labute approximate surface area is 123 Å². The lowest BCUT2D eigenvalue weighted by Gasteiger charge is -2.10. The van der Waals surface area contributed by atoms with Crippen LogP contribution in [-0.4, -0.2) is 12.5 Å². The van der Waals surface area contributed by atoms with Crippen molar-refractivity contribution in [1.82, 2.24) is 0 Å². The second-order valence-corrected chi connectivity index (χ2v) is 4.53. The third-order valence-corrected chi connectivity index (χ3v) is 2.91. The van der Waals surface area contributed by atoms with Gasteiger partial charge >= 0.3 is 0 Å². The second kappa shape index (κ2) is 6.49. The zero-order chi connectivity index (χ0) is 15.4. The number of benzene rings is 2. The monoisotopic (exact) mass is 314 g/mol. The van der Waals surface area contributed by atoms with Gasteiger partial charge < -0.3 is 10.6 Å². The summed E-state index contributed by atoms with van der Waals surface area (Å²) in [5, 5.41) is 5.02. The molecule has 0 saturated carbocycles. The summed E-state index contributed by atoms with van der Waals surface area (Å²) in [4.78, 5) is 11.6. The van der Waals surface area contributed by atoms with Gasteiger partial charge in [-0.15, -0.1) is 0 Å². The molecule has 0 atom stereocenters. The minimum atomic E-state index is -1.07. The molecule has 0 radical (unpaired) electrons. The van der Waals surface area contributed by atoms with E-state index in [-0.39, 0.29) is 22.9 Å². The van der Waals surface area contributed by atoms with E-state index in [4.69, 9.17) is 11.6 Å². The van der Waals surface area contributed by atoms with Gasteiger partial charge in [0.15, 0.2) is 11.6 Å². The van der Waals surface area contributed by atoms with Crippen LogP contribution < -0.4 is 10.6 Å². The van der Waals surface area contributed by atoms with Crippen molar-refractivity contribution in [3.8, 4) is 0 Å². The van der Waals surface area contributed by atoms with Crippen LogP contribution in [0.1, 0.15) is 0 Å². The molecule has 0 aliphatic rings. The molecule has 3 nitrogen and oxygen atoms in total. The van der Waals surface area contributed by atoms with Crippen molar-refractivity contribution in [2.24, 2.45) is 0 Å². The number of carbonyl (C=O) groups excluding carboxylic acids is 1. The highest BCUT2D eigenvalue weighted by Gasteiger charge is 2.09. The van der Waals surface area contributed by atoms with E-state index in [2.05, 4.69) is 10.6 Å². The lowest BCUT2D eigenvalue weighted by atomic mass is 10.3. The predicted octanol–water partition coefficient (Wildman–Crippen LogP) is 3.81. The molecule has 2 N–H and O–H groups in total. The van der Waals surface area contributed by atoms with Gasteiger partial charge in [0.05, 0.1) is 17.3 Å². The van der Waals surface area contributed by atoms with Gasteiger partial charge in [-0.05, 0) is 24.3 Å². The summed E-state index contributed by atoms with van der Waals surface area (Å²) in [6.07, 6.45) is 0. The van der Waals surface area contributed by atoms with Gasteiger partial charge in [-0.2, -0.15) is 0 Å². The van der Waals surface area contributed by atoms with E-state index in [1.807, 2.05) is 0 Å². The number of nitrogens with one attached hydrogen (secondary N) is 2. The molecule has 0 aliphatic carbocycles. The number of halogens is 4. The summed E-state index contributed by atoms with van der Waals surface area (Å²) in [5.74, 6) is -3.23. The largest absolute Gasteiger partial charge is 0.373 e. The van der Waals surface area contributed by atoms with E-state index < -0.39 is 23.4 Å². The van der Waals surface area contributed by atoms with Gasteiger partial charge in [-0.1, -0.05) is 17.7 Å². The molecule has 1 amide bonds. The fourth-order valence-corrected chi connectivity index (χ4v) is 1.84. The fraction of sp³-hybridized carbons (Fsp3) is 0.0714. The molecule has 7 heteroatoms. The maximum absolute atomic E-state index is 13.5. The van der Waals surface area contributed by atoms with Crippen LogP contribution in [0.5, 0.6) is 0 Å². The summed E-state index contributed by atoms with van der Waals surface area (Å²) in [6.45, 7) is -0.278. The van der Waals surface area contributed by atoms with E-state index in [0.29, 0.717) is 0 Å². The van der Waals surface area contributed by atoms with E-state index in [0.717, 1.165) is 12.1 Å². The maximum Gasteiger partial charge on any atom is 0.243 e. The van der Waals surface area contributed by atoms with Crippen molar-refractivity contribution in [2.45, 2.75) is 0 Å². The van der Waals surface area contributed by atoms with Crippen LogP contribution in [0.25, 0.3) is 0 Å². The lowest BCUT2D eigenvalue weighted by molar-refractivity contribution is -0.114. The molecule has 0 aliphatic heterocycles. The average molecular weight is 315 g/mol. The van der Waals surface area contributed by atoms with E-state index in [9.17, 15) is 18.0 Å². The number of anilines is 2. The fourth-order valence-electron chi connectivity index (χ4n) is 1.61. The van der Waals surface area contributed by atoms with E-state index in [1.54, 1.807) is 0 Å². The predicted molar refractivity (Wildman–Crippen MR) is 74.9 cm³/mol.